The SMILES string of the molecule is Cc1sc(NC(=O)NCC2CCC(C)C2)c(C(=O)O)c1C. The Bertz CT molecular complexity index is 553. The van der Waals surface area contributed by atoms with E-state index in [9.17, 15) is 14.7 Å². The second-order valence-corrected chi connectivity index (χ2v) is 7.14. The van der Waals surface area contributed by atoms with E-state index >= 15 is 0 Å². The standard InChI is InChI=1S/C15H22N2O3S/c1-8-4-5-11(6-8)7-16-15(20)17-13-12(14(18)19)9(2)10(3)21-13/h8,11H,4-7H2,1-3H3,(H,18,19)(H2,16,17,20). The summed E-state index contributed by atoms with van der Waals surface area (Å²) in [5.74, 6) is 0.273. The van der Waals surface area contributed by atoms with Crippen LogP contribution in [0.3, 0.4) is 0 Å². The number of amides is 2. The summed E-state index contributed by atoms with van der Waals surface area (Å²) in [6, 6.07) is -0.321. The van der Waals surface area contributed by atoms with Crippen LogP contribution in [0.15, 0.2) is 0 Å². The molecular formula is C15H22N2O3S. The third-order valence-electron chi connectivity index (χ3n) is 4.18. The molecule has 1 aliphatic carbocycles. The van der Waals surface area contributed by atoms with Crippen LogP contribution >= 0.6 is 11.3 Å². The van der Waals surface area contributed by atoms with Gasteiger partial charge in [0.25, 0.3) is 0 Å². The summed E-state index contributed by atoms with van der Waals surface area (Å²) in [6.07, 6.45) is 3.53. The number of aryl methyl sites for hydroxylation is 1. The molecule has 1 aliphatic rings. The van der Waals surface area contributed by atoms with E-state index in [1.54, 1.807) is 6.92 Å². The van der Waals surface area contributed by atoms with Crippen LogP contribution in [0.25, 0.3) is 0 Å². The number of urea groups is 1. The fraction of sp³-hybridized carbons (Fsp3) is 0.600. The van der Waals surface area contributed by atoms with Gasteiger partial charge in [0.1, 0.15) is 5.00 Å². The summed E-state index contributed by atoms with van der Waals surface area (Å²) in [4.78, 5) is 24.1. The Kier molecular flexibility index (Phi) is 4.88. The fourth-order valence-electron chi connectivity index (χ4n) is 2.87. The van der Waals surface area contributed by atoms with Crippen LogP contribution < -0.4 is 10.6 Å². The summed E-state index contributed by atoms with van der Waals surface area (Å²) in [5.41, 5.74) is 0.912. The number of carboxylic acid groups (broad SMARTS) is 1. The molecule has 5 nitrogen and oxygen atoms in total. The number of hydrogen-bond acceptors (Lipinski definition) is 3. The maximum absolute atomic E-state index is 11.9. The molecule has 0 aromatic carbocycles. The van der Waals surface area contributed by atoms with Gasteiger partial charge in [-0.15, -0.1) is 11.3 Å². The number of rotatable bonds is 4. The van der Waals surface area contributed by atoms with Gasteiger partial charge in [-0.1, -0.05) is 13.3 Å². The van der Waals surface area contributed by atoms with Gasteiger partial charge in [0.2, 0.25) is 0 Å². The monoisotopic (exact) mass is 310 g/mol. The van der Waals surface area contributed by atoms with Crippen molar-refractivity contribution in [1.82, 2.24) is 5.32 Å². The number of nitrogens with one attached hydrogen (secondary N) is 2. The van der Waals surface area contributed by atoms with E-state index in [0.717, 1.165) is 23.6 Å². The van der Waals surface area contributed by atoms with Gasteiger partial charge in [-0.2, -0.15) is 0 Å². The quantitative estimate of drug-likeness (QED) is 0.794. The van der Waals surface area contributed by atoms with E-state index in [-0.39, 0.29) is 11.6 Å². The molecule has 6 heteroatoms. The zero-order valence-electron chi connectivity index (χ0n) is 12.7. The highest BCUT2D eigenvalue weighted by Gasteiger charge is 2.23. The largest absolute Gasteiger partial charge is 0.478 e. The van der Waals surface area contributed by atoms with Gasteiger partial charge >= 0.3 is 12.0 Å². The second-order valence-electron chi connectivity index (χ2n) is 5.91. The lowest BCUT2D eigenvalue weighted by Crippen LogP contribution is -2.32. The Hall–Kier alpha value is -1.56. The average molecular weight is 310 g/mol. The lowest BCUT2D eigenvalue weighted by Gasteiger charge is -2.11. The number of thiophene rings is 1. The zero-order chi connectivity index (χ0) is 15.6. The van der Waals surface area contributed by atoms with Gasteiger partial charge in [0.15, 0.2) is 0 Å². The van der Waals surface area contributed by atoms with Crippen molar-refractivity contribution in [1.29, 1.82) is 0 Å². The molecular weight excluding hydrogens is 288 g/mol. The van der Waals surface area contributed by atoms with E-state index in [1.807, 2.05) is 6.92 Å². The highest BCUT2D eigenvalue weighted by molar-refractivity contribution is 7.16. The van der Waals surface area contributed by atoms with Gasteiger partial charge in [0, 0.05) is 11.4 Å². The molecule has 2 rings (SSSR count). The van der Waals surface area contributed by atoms with Gasteiger partial charge < -0.3 is 10.4 Å². The predicted octanol–water partition coefficient (Wildman–Crippen LogP) is 3.62. The lowest BCUT2D eigenvalue weighted by atomic mass is 10.1. The average Bonchev–Trinajstić information content (AvgIpc) is 2.92. The highest BCUT2D eigenvalue weighted by atomic mass is 32.1. The summed E-state index contributed by atoms with van der Waals surface area (Å²) in [6.45, 7) is 6.51. The Morgan fingerprint density at radius 3 is 2.62 bits per heavy atom. The van der Waals surface area contributed by atoms with Crippen molar-refractivity contribution in [3.8, 4) is 0 Å². The Morgan fingerprint density at radius 1 is 1.33 bits per heavy atom. The van der Waals surface area contributed by atoms with Crippen molar-refractivity contribution in [2.75, 3.05) is 11.9 Å². The molecule has 3 N–H and O–H groups in total. The lowest BCUT2D eigenvalue weighted by molar-refractivity contribution is 0.0697. The molecule has 0 bridgehead atoms. The Balaban J connectivity index is 1.94. The third-order valence-corrected chi connectivity index (χ3v) is 5.30. The van der Waals surface area contributed by atoms with Crippen molar-refractivity contribution < 1.29 is 14.7 Å². The maximum atomic E-state index is 11.9. The number of hydrogen-bond donors (Lipinski definition) is 3. The number of carbonyl (C=O) groups excluding carboxylic acids is 1. The molecule has 0 radical (unpaired) electrons. The summed E-state index contributed by atoms with van der Waals surface area (Å²) in [5, 5.41) is 15.2. The fourth-order valence-corrected chi connectivity index (χ4v) is 3.91. The first-order chi connectivity index (χ1) is 9.88. The van der Waals surface area contributed by atoms with Crippen LogP contribution in [0.1, 0.15) is 47.0 Å². The first kappa shape index (κ1) is 15.8. The highest BCUT2D eigenvalue weighted by Crippen LogP contribution is 2.32. The minimum atomic E-state index is -1.00. The summed E-state index contributed by atoms with van der Waals surface area (Å²) < 4.78 is 0. The minimum Gasteiger partial charge on any atom is -0.478 e. The molecule has 116 valence electrons. The molecule has 1 heterocycles. The van der Waals surface area contributed by atoms with Crippen molar-refractivity contribution in [3.63, 3.8) is 0 Å². The first-order valence-corrected chi connectivity index (χ1v) is 8.08. The van der Waals surface area contributed by atoms with E-state index in [4.69, 9.17) is 0 Å². The van der Waals surface area contributed by atoms with Gasteiger partial charge in [-0.05, 0) is 44.1 Å². The van der Waals surface area contributed by atoms with Gasteiger partial charge in [0.05, 0.1) is 5.56 Å². The minimum absolute atomic E-state index is 0.196. The topological polar surface area (TPSA) is 78.4 Å². The van der Waals surface area contributed by atoms with Crippen LogP contribution in [-0.2, 0) is 0 Å². The first-order valence-electron chi connectivity index (χ1n) is 7.26. The molecule has 1 aromatic heterocycles. The van der Waals surface area contributed by atoms with Crippen molar-refractivity contribution in [3.05, 3.63) is 16.0 Å². The third kappa shape index (κ3) is 3.75. The van der Waals surface area contributed by atoms with E-state index in [1.165, 1.54) is 17.8 Å². The van der Waals surface area contributed by atoms with Crippen LogP contribution in [-0.4, -0.2) is 23.7 Å². The zero-order valence-corrected chi connectivity index (χ0v) is 13.5. The maximum Gasteiger partial charge on any atom is 0.338 e. The Labute approximate surface area is 128 Å². The van der Waals surface area contributed by atoms with Crippen LogP contribution in [0.2, 0.25) is 0 Å². The van der Waals surface area contributed by atoms with Crippen molar-refractivity contribution >= 4 is 28.3 Å². The molecule has 1 saturated carbocycles. The van der Waals surface area contributed by atoms with Crippen LogP contribution in [0, 0.1) is 25.7 Å². The predicted molar refractivity (Wildman–Crippen MR) is 84.3 cm³/mol. The molecule has 0 saturated heterocycles. The normalized spacial score (nSPS) is 21.3. The van der Waals surface area contributed by atoms with Crippen molar-refractivity contribution in [2.45, 2.75) is 40.0 Å². The molecule has 0 aliphatic heterocycles. The Morgan fingerprint density at radius 2 is 2.05 bits per heavy atom. The number of carbonyl (C=O) groups is 2. The molecule has 0 spiro atoms. The van der Waals surface area contributed by atoms with Gasteiger partial charge in [-0.3, -0.25) is 5.32 Å². The molecule has 2 unspecified atom stereocenters. The number of carboxylic acids is 1. The summed E-state index contributed by atoms with van der Waals surface area (Å²) >= 11 is 1.30. The van der Waals surface area contributed by atoms with Crippen LogP contribution in [0.5, 0.6) is 0 Å². The summed E-state index contributed by atoms with van der Waals surface area (Å²) in [7, 11) is 0. The smallest absolute Gasteiger partial charge is 0.338 e. The molecule has 2 amide bonds. The molecule has 21 heavy (non-hydrogen) atoms. The van der Waals surface area contributed by atoms with E-state index in [2.05, 4.69) is 17.6 Å². The van der Waals surface area contributed by atoms with Crippen molar-refractivity contribution in [2.24, 2.45) is 11.8 Å². The van der Waals surface area contributed by atoms with E-state index < -0.39 is 5.97 Å². The van der Waals surface area contributed by atoms with Gasteiger partial charge in [-0.25, -0.2) is 9.59 Å². The number of aromatic carboxylic acids is 1. The van der Waals surface area contributed by atoms with E-state index in [0.29, 0.717) is 23.0 Å². The second kappa shape index (κ2) is 6.47. The number of anilines is 1. The molecule has 1 aromatic rings. The van der Waals surface area contributed by atoms with Crippen LogP contribution in [0.4, 0.5) is 9.80 Å². The molecule has 2 atom stereocenters. The molecule has 1 fully saturated rings.